The van der Waals surface area contributed by atoms with Gasteiger partial charge in [0.1, 0.15) is 11.0 Å². The first kappa shape index (κ1) is 28.7. The van der Waals surface area contributed by atoms with Crippen LogP contribution in [0.5, 0.6) is 5.75 Å². The molecular weight excluding hydrogens is 603 g/mol. The van der Waals surface area contributed by atoms with E-state index in [1.54, 1.807) is 36.4 Å². The molecular formula is C30H22F3N3O5S2. The average Bonchev–Trinajstić information content (AvgIpc) is 3.46. The summed E-state index contributed by atoms with van der Waals surface area (Å²) in [6.07, 6.45) is -4.79. The number of aromatic amines is 1. The molecule has 4 aromatic rings. The Morgan fingerprint density at radius 3 is 2.51 bits per heavy atom. The third-order valence-corrected chi connectivity index (χ3v) is 9.68. The second-order valence-electron chi connectivity index (χ2n) is 10.0. The number of halogens is 3. The molecule has 1 saturated heterocycles. The standard InChI is InChI=1S/C30H22F3N3O5S2/c1-15-7-2-4-11-19(15)34-21(37)14-41-17-9-6-8-16(13-17)22-23-25(42-26-24(22)43-29(40)35-26)28(39)36(27(23)38)20-12-5-3-10-18(20)30(31,32)33/h2-13,22-23,25H,14H2,1H3,(H,34,37)(H,35,40)/t22-,23?,25?/m1/s1. The van der Waals surface area contributed by atoms with E-state index in [1.165, 1.54) is 12.1 Å². The summed E-state index contributed by atoms with van der Waals surface area (Å²) in [7, 11) is 0. The summed E-state index contributed by atoms with van der Waals surface area (Å²) in [6.45, 7) is 1.55. The Morgan fingerprint density at radius 2 is 1.74 bits per heavy atom. The van der Waals surface area contributed by atoms with Crippen molar-refractivity contribution < 1.29 is 32.3 Å². The lowest BCUT2D eigenvalue weighted by Crippen LogP contribution is -2.33. The maximum absolute atomic E-state index is 13.9. The van der Waals surface area contributed by atoms with Crippen LogP contribution in [0.1, 0.15) is 27.5 Å². The first-order valence-corrected chi connectivity index (χ1v) is 14.7. The second-order valence-corrected chi connectivity index (χ2v) is 12.2. The lowest BCUT2D eigenvalue weighted by Gasteiger charge is -2.30. The highest BCUT2D eigenvalue weighted by atomic mass is 32.2. The summed E-state index contributed by atoms with van der Waals surface area (Å²) in [5.41, 5.74) is 0.403. The number of ether oxygens (including phenoxy) is 1. The highest BCUT2D eigenvalue weighted by Crippen LogP contribution is 2.54. The molecule has 1 fully saturated rings. The van der Waals surface area contributed by atoms with Crippen molar-refractivity contribution in [3.05, 3.63) is 104 Å². The van der Waals surface area contributed by atoms with Crippen molar-refractivity contribution in [2.45, 2.75) is 29.3 Å². The number of thiazole rings is 1. The van der Waals surface area contributed by atoms with Crippen LogP contribution in [0.25, 0.3) is 0 Å². The quantitative estimate of drug-likeness (QED) is 0.271. The fraction of sp³-hybridized carbons (Fsp3) is 0.200. The van der Waals surface area contributed by atoms with E-state index in [2.05, 4.69) is 10.3 Å². The minimum atomic E-state index is -4.79. The van der Waals surface area contributed by atoms with E-state index in [0.717, 1.165) is 40.8 Å². The molecule has 3 heterocycles. The fourth-order valence-corrected chi connectivity index (χ4v) is 7.88. The molecule has 3 atom stereocenters. The van der Waals surface area contributed by atoms with Crippen molar-refractivity contribution >= 4 is 52.2 Å². The largest absolute Gasteiger partial charge is 0.484 e. The Labute approximate surface area is 250 Å². The predicted molar refractivity (Wildman–Crippen MR) is 156 cm³/mol. The lowest BCUT2D eigenvalue weighted by atomic mass is 9.83. The van der Waals surface area contributed by atoms with Crippen molar-refractivity contribution in [1.29, 1.82) is 0 Å². The van der Waals surface area contributed by atoms with Crippen molar-refractivity contribution in [1.82, 2.24) is 4.98 Å². The number of rotatable bonds is 6. The number of thioether (sulfide) groups is 1. The number of aromatic nitrogens is 1. The molecule has 0 saturated carbocycles. The van der Waals surface area contributed by atoms with Crippen molar-refractivity contribution in [2.75, 3.05) is 16.8 Å². The summed E-state index contributed by atoms with van der Waals surface area (Å²) in [5, 5.41) is 2.10. The number of aryl methyl sites for hydroxylation is 1. The van der Waals surface area contributed by atoms with Gasteiger partial charge in [-0.25, -0.2) is 4.90 Å². The van der Waals surface area contributed by atoms with Gasteiger partial charge < -0.3 is 15.0 Å². The summed E-state index contributed by atoms with van der Waals surface area (Å²) in [6, 6.07) is 18.3. The van der Waals surface area contributed by atoms with Gasteiger partial charge in [0.25, 0.3) is 5.91 Å². The fourth-order valence-electron chi connectivity index (χ4n) is 5.37. The minimum absolute atomic E-state index is 0.299. The van der Waals surface area contributed by atoms with Crippen molar-refractivity contribution in [3.63, 3.8) is 0 Å². The number of alkyl halides is 3. The van der Waals surface area contributed by atoms with Crippen LogP contribution in [0.15, 0.2) is 82.6 Å². The number of benzene rings is 3. The molecule has 220 valence electrons. The summed E-state index contributed by atoms with van der Waals surface area (Å²) >= 11 is 1.85. The van der Waals surface area contributed by atoms with Gasteiger partial charge in [-0.1, -0.05) is 65.6 Å². The highest BCUT2D eigenvalue weighted by Gasteiger charge is 2.57. The zero-order valence-corrected chi connectivity index (χ0v) is 23.9. The number of para-hydroxylation sites is 2. The van der Waals surface area contributed by atoms with Gasteiger partial charge in [-0.2, -0.15) is 13.2 Å². The van der Waals surface area contributed by atoms with Gasteiger partial charge in [0.15, 0.2) is 6.61 Å². The zero-order valence-electron chi connectivity index (χ0n) is 22.3. The highest BCUT2D eigenvalue weighted by molar-refractivity contribution is 8.00. The molecule has 0 bridgehead atoms. The van der Waals surface area contributed by atoms with Crippen LogP contribution in [-0.4, -0.2) is 34.6 Å². The number of fused-ring (bicyclic) bond motifs is 2. The molecule has 2 unspecified atom stereocenters. The number of carbonyl (C=O) groups is 3. The van der Waals surface area contributed by atoms with E-state index in [0.29, 0.717) is 31.8 Å². The van der Waals surface area contributed by atoms with Gasteiger partial charge in [0, 0.05) is 16.5 Å². The zero-order chi connectivity index (χ0) is 30.5. The number of amides is 3. The predicted octanol–water partition coefficient (Wildman–Crippen LogP) is 5.58. The Balaban J connectivity index is 1.32. The van der Waals surface area contributed by atoms with E-state index in [-0.39, 0.29) is 11.5 Å². The molecule has 43 heavy (non-hydrogen) atoms. The Hall–Kier alpha value is -4.36. The number of carbonyl (C=O) groups excluding carboxylic acids is 3. The number of nitrogens with zero attached hydrogens (tertiary/aromatic N) is 1. The van der Waals surface area contributed by atoms with Crippen LogP contribution in [0.4, 0.5) is 24.5 Å². The topological polar surface area (TPSA) is 109 Å². The number of anilines is 2. The molecule has 6 rings (SSSR count). The Bertz CT molecular complexity index is 1820. The van der Waals surface area contributed by atoms with Crippen LogP contribution in [0, 0.1) is 12.8 Å². The van der Waals surface area contributed by atoms with Crippen molar-refractivity contribution in [3.8, 4) is 5.75 Å². The van der Waals surface area contributed by atoms with Gasteiger partial charge in [-0.3, -0.25) is 19.2 Å². The normalized spacial score (nSPS) is 19.6. The molecule has 3 amide bonds. The molecule has 0 radical (unpaired) electrons. The van der Waals surface area contributed by atoms with Gasteiger partial charge in [-0.15, -0.1) is 0 Å². The first-order chi connectivity index (χ1) is 20.5. The number of H-pyrrole nitrogens is 1. The molecule has 2 aliphatic heterocycles. The summed E-state index contributed by atoms with van der Waals surface area (Å²) in [5.74, 6) is -3.59. The molecule has 8 nitrogen and oxygen atoms in total. The van der Waals surface area contributed by atoms with E-state index in [1.807, 2.05) is 19.1 Å². The molecule has 3 aromatic carbocycles. The van der Waals surface area contributed by atoms with Gasteiger partial charge in [0.2, 0.25) is 11.8 Å². The second kappa shape index (κ2) is 11.0. The molecule has 2 N–H and O–H groups in total. The first-order valence-electron chi connectivity index (χ1n) is 13.0. The Kier molecular flexibility index (Phi) is 7.38. The van der Waals surface area contributed by atoms with Gasteiger partial charge in [0.05, 0.1) is 22.2 Å². The number of imide groups is 1. The number of hydrogen-bond donors (Lipinski definition) is 2. The van der Waals surface area contributed by atoms with Crippen LogP contribution in [0.3, 0.4) is 0 Å². The van der Waals surface area contributed by atoms with Crippen molar-refractivity contribution in [2.24, 2.45) is 5.92 Å². The SMILES string of the molecule is Cc1ccccc1NC(=O)COc1cccc([C@H]2c3sc(=O)[nH]c3SC3C(=O)N(c4ccccc4C(F)(F)F)C(=O)C32)c1. The maximum Gasteiger partial charge on any atom is 0.418 e. The lowest BCUT2D eigenvalue weighted by molar-refractivity contribution is -0.137. The Morgan fingerprint density at radius 1 is 1.00 bits per heavy atom. The van der Waals surface area contributed by atoms with Gasteiger partial charge >= 0.3 is 11.0 Å². The molecule has 0 aliphatic carbocycles. The van der Waals surface area contributed by atoms with Crippen LogP contribution in [-0.2, 0) is 20.6 Å². The molecule has 2 aliphatic rings. The van der Waals surface area contributed by atoms with Crippen LogP contribution in [0.2, 0.25) is 0 Å². The third kappa shape index (κ3) is 5.34. The minimum Gasteiger partial charge on any atom is -0.484 e. The van der Waals surface area contributed by atoms with Crippen LogP contribution < -0.4 is 19.8 Å². The molecule has 13 heteroatoms. The molecule has 1 aromatic heterocycles. The van der Waals surface area contributed by atoms with Gasteiger partial charge in [-0.05, 0) is 48.4 Å². The monoisotopic (exact) mass is 625 g/mol. The van der Waals surface area contributed by atoms with Crippen LogP contribution >= 0.6 is 23.1 Å². The van der Waals surface area contributed by atoms with E-state index >= 15 is 0 Å². The molecule has 0 spiro atoms. The van der Waals surface area contributed by atoms with E-state index < -0.39 is 52.2 Å². The average molecular weight is 626 g/mol. The van der Waals surface area contributed by atoms with E-state index in [9.17, 15) is 32.3 Å². The smallest absolute Gasteiger partial charge is 0.418 e. The summed E-state index contributed by atoms with van der Waals surface area (Å²) in [4.78, 5) is 55.8. The third-order valence-electron chi connectivity index (χ3n) is 7.28. The maximum atomic E-state index is 13.9. The number of nitrogens with one attached hydrogen (secondary N) is 2. The van der Waals surface area contributed by atoms with E-state index in [4.69, 9.17) is 4.74 Å². The summed E-state index contributed by atoms with van der Waals surface area (Å²) < 4.78 is 47.3. The number of hydrogen-bond acceptors (Lipinski definition) is 7.